The van der Waals surface area contributed by atoms with Crippen molar-refractivity contribution in [2.24, 2.45) is 0 Å². The summed E-state index contributed by atoms with van der Waals surface area (Å²) in [5.41, 5.74) is -0.599. The molecule has 116 valence electrons. The van der Waals surface area contributed by atoms with Crippen LogP contribution in [0.1, 0.15) is 48.9 Å². The molecule has 3 rings (SSSR count). The second-order valence-corrected chi connectivity index (χ2v) is 5.88. The Hall–Kier alpha value is -2.64. The standard InChI is InChI=1S/C14H16N4O4/c1-14(2,13(20)21)18-7-9(6-15-18)16-12(19)10-5-11(22-17-10)8-3-4-8/h5-8H,3-4H2,1-2H3,(H,16,19)(H,20,21). The molecule has 0 radical (unpaired) electrons. The monoisotopic (exact) mass is 304 g/mol. The molecule has 2 heterocycles. The summed E-state index contributed by atoms with van der Waals surface area (Å²) in [6.45, 7) is 3.04. The van der Waals surface area contributed by atoms with Crippen molar-refractivity contribution >= 4 is 17.6 Å². The van der Waals surface area contributed by atoms with Crippen LogP contribution < -0.4 is 5.32 Å². The Kier molecular flexibility index (Phi) is 3.23. The molecule has 8 nitrogen and oxygen atoms in total. The van der Waals surface area contributed by atoms with Crippen molar-refractivity contribution in [3.63, 3.8) is 0 Å². The predicted molar refractivity (Wildman–Crippen MR) is 75.6 cm³/mol. The van der Waals surface area contributed by atoms with E-state index in [2.05, 4.69) is 15.6 Å². The van der Waals surface area contributed by atoms with Gasteiger partial charge in [-0.05, 0) is 26.7 Å². The van der Waals surface area contributed by atoms with Crippen molar-refractivity contribution in [1.29, 1.82) is 0 Å². The van der Waals surface area contributed by atoms with E-state index in [1.807, 2.05) is 0 Å². The number of anilines is 1. The fraction of sp³-hybridized carbons (Fsp3) is 0.429. The summed E-state index contributed by atoms with van der Waals surface area (Å²) in [7, 11) is 0. The average Bonchev–Trinajstić information content (AvgIpc) is 3.01. The van der Waals surface area contributed by atoms with E-state index in [0.29, 0.717) is 11.6 Å². The van der Waals surface area contributed by atoms with Crippen LogP contribution in [0.4, 0.5) is 5.69 Å². The van der Waals surface area contributed by atoms with E-state index < -0.39 is 17.4 Å². The molecule has 0 atom stereocenters. The molecule has 2 aromatic heterocycles. The lowest BCUT2D eigenvalue weighted by molar-refractivity contribution is -0.146. The van der Waals surface area contributed by atoms with Gasteiger partial charge in [-0.3, -0.25) is 9.48 Å². The largest absolute Gasteiger partial charge is 0.479 e. The van der Waals surface area contributed by atoms with E-state index in [9.17, 15) is 9.59 Å². The molecule has 0 aliphatic heterocycles. The van der Waals surface area contributed by atoms with Crippen molar-refractivity contribution in [2.75, 3.05) is 5.32 Å². The Labute approximate surface area is 126 Å². The molecular formula is C14H16N4O4. The van der Waals surface area contributed by atoms with Crippen molar-refractivity contribution < 1.29 is 19.2 Å². The van der Waals surface area contributed by atoms with Gasteiger partial charge >= 0.3 is 5.97 Å². The minimum Gasteiger partial charge on any atom is -0.479 e. The van der Waals surface area contributed by atoms with Gasteiger partial charge in [0.15, 0.2) is 11.2 Å². The molecular weight excluding hydrogens is 288 g/mol. The molecule has 2 aromatic rings. The minimum atomic E-state index is -1.20. The lowest BCUT2D eigenvalue weighted by Gasteiger charge is -2.19. The lowest BCUT2D eigenvalue weighted by atomic mass is 10.1. The van der Waals surface area contributed by atoms with Crippen molar-refractivity contribution in [3.8, 4) is 0 Å². The Balaban J connectivity index is 1.71. The SMILES string of the molecule is CC(C)(C(=O)O)n1cc(NC(=O)c2cc(C3CC3)on2)cn1. The maximum Gasteiger partial charge on any atom is 0.331 e. The summed E-state index contributed by atoms with van der Waals surface area (Å²) in [5, 5.41) is 19.5. The highest BCUT2D eigenvalue weighted by molar-refractivity contribution is 6.02. The number of hydrogen-bond donors (Lipinski definition) is 2. The van der Waals surface area contributed by atoms with E-state index in [4.69, 9.17) is 9.63 Å². The fourth-order valence-corrected chi connectivity index (χ4v) is 1.94. The molecule has 22 heavy (non-hydrogen) atoms. The zero-order chi connectivity index (χ0) is 15.9. The van der Waals surface area contributed by atoms with Crippen LogP contribution in [0, 0.1) is 0 Å². The normalized spacial score (nSPS) is 14.8. The molecule has 0 unspecified atom stereocenters. The van der Waals surface area contributed by atoms with Gasteiger partial charge in [-0.2, -0.15) is 5.10 Å². The lowest BCUT2D eigenvalue weighted by Crippen LogP contribution is -2.35. The third kappa shape index (κ3) is 2.59. The summed E-state index contributed by atoms with van der Waals surface area (Å²) in [6, 6.07) is 1.64. The van der Waals surface area contributed by atoms with Crippen LogP contribution >= 0.6 is 0 Å². The number of aliphatic carboxylic acids is 1. The first-order valence-electron chi connectivity index (χ1n) is 6.94. The molecule has 0 saturated heterocycles. The van der Waals surface area contributed by atoms with Crippen molar-refractivity contribution in [3.05, 3.63) is 29.9 Å². The molecule has 1 aliphatic carbocycles. The Morgan fingerprint density at radius 2 is 2.18 bits per heavy atom. The number of rotatable bonds is 5. The highest BCUT2D eigenvalue weighted by atomic mass is 16.5. The maximum atomic E-state index is 12.1. The predicted octanol–water partition coefficient (Wildman–Crippen LogP) is 1.82. The number of nitrogens with zero attached hydrogens (tertiary/aromatic N) is 3. The van der Waals surface area contributed by atoms with E-state index in [-0.39, 0.29) is 5.69 Å². The van der Waals surface area contributed by atoms with Crippen LogP contribution in [0.2, 0.25) is 0 Å². The third-order valence-corrected chi connectivity index (χ3v) is 3.68. The van der Waals surface area contributed by atoms with Crippen LogP contribution in [0.5, 0.6) is 0 Å². The van der Waals surface area contributed by atoms with Crippen LogP contribution in [0.3, 0.4) is 0 Å². The molecule has 1 amide bonds. The molecule has 0 bridgehead atoms. The quantitative estimate of drug-likeness (QED) is 0.871. The summed E-state index contributed by atoms with van der Waals surface area (Å²) >= 11 is 0. The summed E-state index contributed by atoms with van der Waals surface area (Å²) < 4.78 is 6.41. The van der Waals surface area contributed by atoms with Gasteiger partial charge < -0.3 is 14.9 Å². The van der Waals surface area contributed by atoms with Gasteiger partial charge in [0, 0.05) is 18.2 Å². The first-order chi connectivity index (χ1) is 10.4. The molecule has 0 aromatic carbocycles. The van der Waals surface area contributed by atoms with Gasteiger partial charge in [-0.25, -0.2) is 4.79 Å². The second-order valence-electron chi connectivity index (χ2n) is 5.88. The van der Waals surface area contributed by atoms with Gasteiger partial charge in [-0.15, -0.1) is 0 Å². The zero-order valence-electron chi connectivity index (χ0n) is 12.2. The van der Waals surface area contributed by atoms with Crippen molar-refractivity contribution in [2.45, 2.75) is 38.1 Å². The first kappa shape index (κ1) is 14.3. The zero-order valence-corrected chi connectivity index (χ0v) is 12.2. The molecule has 0 spiro atoms. The summed E-state index contributed by atoms with van der Waals surface area (Å²) in [4.78, 5) is 23.3. The minimum absolute atomic E-state index is 0.201. The number of hydrogen-bond acceptors (Lipinski definition) is 5. The number of amides is 1. The fourth-order valence-electron chi connectivity index (χ4n) is 1.94. The van der Waals surface area contributed by atoms with Gasteiger partial charge in [0.25, 0.3) is 5.91 Å². The second kappa shape index (κ2) is 4.97. The Bertz CT molecular complexity index is 727. The Morgan fingerprint density at radius 1 is 1.45 bits per heavy atom. The van der Waals surface area contributed by atoms with E-state index in [1.165, 1.54) is 30.9 Å². The van der Waals surface area contributed by atoms with Gasteiger partial charge in [-0.1, -0.05) is 5.16 Å². The van der Waals surface area contributed by atoms with E-state index in [0.717, 1.165) is 18.6 Å². The van der Waals surface area contributed by atoms with Gasteiger partial charge in [0.05, 0.1) is 11.9 Å². The number of nitrogens with one attached hydrogen (secondary N) is 1. The third-order valence-electron chi connectivity index (χ3n) is 3.68. The summed E-state index contributed by atoms with van der Waals surface area (Å²) in [5.74, 6) is -0.316. The molecule has 8 heteroatoms. The number of carbonyl (C=O) groups is 2. The van der Waals surface area contributed by atoms with E-state index >= 15 is 0 Å². The Morgan fingerprint density at radius 3 is 2.82 bits per heavy atom. The molecule has 2 N–H and O–H groups in total. The highest BCUT2D eigenvalue weighted by Gasteiger charge is 2.31. The smallest absolute Gasteiger partial charge is 0.331 e. The van der Waals surface area contributed by atoms with Crippen molar-refractivity contribution in [1.82, 2.24) is 14.9 Å². The molecule has 1 fully saturated rings. The van der Waals surface area contributed by atoms with Crippen LogP contribution in [-0.2, 0) is 10.3 Å². The number of carboxylic acids is 1. The number of aromatic nitrogens is 3. The van der Waals surface area contributed by atoms with Crippen LogP contribution in [0.15, 0.2) is 23.0 Å². The number of carbonyl (C=O) groups excluding carboxylic acids is 1. The summed E-state index contributed by atoms with van der Waals surface area (Å²) in [6.07, 6.45) is 4.99. The highest BCUT2D eigenvalue weighted by Crippen LogP contribution is 2.40. The molecule has 1 aliphatic rings. The van der Waals surface area contributed by atoms with Crippen LogP contribution in [-0.4, -0.2) is 31.9 Å². The van der Waals surface area contributed by atoms with Gasteiger partial charge in [0.2, 0.25) is 0 Å². The number of carboxylic acid groups (broad SMARTS) is 1. The average molecular weight is 304 g/mol. The van der Waals surface area contributed by atoms with Crippen LogP contribution in [0.25, 0.3) is 0 Å². The van der Waals surface area contributed by atoms with E-state index in [1.54, 1.807) is 6.07 Å². The van der Waals surface area contributed by atoms with Gasteiger partial charge in [0.1, 0.15) is 5.76 Å². The topological polar surface area (TPSA) is 110 Å². The maximum absolute atomic E-state index is 12.1. The first-order valence-corrected chi connectivity index (χ1v) is 6.94. The molecule has 1 saturated carbocycles.